The van der Waals surface area contributed by atoms with Crippen LogP contribution in [0.1, 0.15) is 35.8 Å². The first-order valence-corrected chi connectivity index (χ1v) is 11.6. The molecule has 0 spiro atoms. The highest BCUT2D eigenvalue weighted by molar-refractivity contribution is 9.10. The Morgan fingerprint density at radius 2 is 2.13 bits per heavy atom. The molecule has 30 heavy (non-hydrogen) atoms. The summed E-state index contributed by atoms with van der Waals surface area (Å²) >= 11 is 5.18. The van der Waals surface area contributed by atoms with Crippen molar-refractivity contribution in [3.05, 3.63) is 68.1 Å². The van der Waals surface area contributed by atoms with Gasteiger partial charge in [0.05, 0.1) is 5.56 Å². The van der Waals surface area contributed by atoms with Gasteiger partial charge < -0.3 is 10.6 Å². The molecule has 1 saturated heterocycles. The summed E-state index contributed by atoms with van der Waals surface area (Å²) in [5.74, 6) is 0.828. The Kier molecular flexibility index (Phi) is 6.46. The Balaban J connectivity index is 0.00000181. The van der Waals surface area contributed by atoms with Crippen LogP contribution in [0.4, 0.5) is 11.6 Å². The minimum Gasteiger partial charge on any atom is -0.383 e. The zero-order valence-electron chi connectivity index (χ0n) is 16.8. The molecule has 0 aromatic carbocycles. The Morgan fingerprint density at radius 3 is 2.93 bits per heavy atom. The average molecular weight is 490 g/mol. The number of hydrogen-bond acceptors (Lipinski definition) is 7. The largest absolute Gasteiger partial charge is 0.383 e. The van der Waals surface area contributed by atoms with Gasteiger partial charge in [0, 0.05) is 51.1 Å². The maximum atomic E-state index is 13.0. The number of hydrogen-bond donors (Lipinski definition) is 1. The third-order valence-electron chi connectivity index (χ3n) is 5.34. The summed E-state index contributed by atoms with van der Waals surface area (Å²) in [5.41, 5.74) is 8.03. The predicted molar refractivity (Wildman–Crippen MR) is 129 cm³/mol. The van der Waals surface area contributed by atoms with Gasteiger partial charge in [0.2, 0.25) is 5.78 Å². The van der Waals surface area contributed by atoms with Crippen LogP contribution in [-0.4, -0.2) is 46.8 Å². The second kappa shape index (κ2) is 9.24. The van der Waals surface area contributed by atoms with Gasteiger partial charge in [-0.25, -0.2) is 9.97 Å². The van der Waals surface area contributed by atoms with E-state index in [-0.39, 0.29) is 14.5 Å². The highest BCUT2D eigenvalue weighted by Gasteiger charge is 2.20. The first kappa shape index (κ1) is 21.0. The Bertz CT molecular complexity index is 1060. The summed E-state index contributed by atoms with van der Waals surface area (Å²) < 4.78 is 0.713. The molecule has 1 fully saturated rings. The Labute approximate surface area is 191 Å². The number of thiophene rings is 1. The molecule has 0 radical (unpaired) electrons. The summed E-state index contributed by atoms with van der Waals surface area (Å²) in [6, 6.07) is 9.46. The average Bonchev–Trinajstić information content (AvgIpc) is 3.00. The van der Waals surface area contributed by atoms with Gasteiger partial charge in [0.25, 0.3) is 0 Å². The Morgan fingerprint density at radius 1 is 1.27 bits per heavy atom. The quantitative estimate of drug-likeness (QED) is 0.526. The van der Waals surface area contributed by atoms with Crippen LogP contribution in [0.15, 0.2) is 46.4 Å². The minimum absolute atomic E-state index is 0. The van der Waals surface area contributed by atoms with E-state index in [2.05, 4.69) is 54.1 Å². The third-order valence-corrected chi connectivity index (χ3v) is 6.79. The summed E-state index contributed by atoms with van der Waals surface area (Å²) in [5, 5.41) is 2.16. The van der Waals surface area contributed by atoms with Gasteiger partial charge in [-0.3, -0.25) is 9.69 Å². The second-order valence-corrected chi connectivity index (χ2v) is 9.36. The van der Waals surface area contributed by atoms with Crippen molar-refractivity contribution >= 4 is 44.7 Å². The van der Waals surface area contributed by atoms with Crippen molar-refractivity contribution < 1.29 is 7.65 Å². The predicted octanol–water partition coefficient (Wildman–Crippen LogP) is 4.63. The van der Waals surface area contributed by atoms with Gasteiger partial charge in [-0.15, -0.1) is 11.3 Å². The molecule has 4 heterocycles. The maximum Gasteiger partial charge on any atom is 0.215 e. The molecule has 1 aliphatic rings. The van der Waals surface area contributed by atoms with Crippen LogP contribution in [0.5, 0.6) is 0 Å². The number of halogens is 1. The molecule has 2 N–H and O–H groups in total. The van der Waals surface area contributed by atoms with Gasteiger partial charge >= 0.3 is 0 Å². The fourth-order valence-corrected chi connectivity index (χ4v) is 4.90. The van der Waals surface area contributed by atoms with Crippen molar-refractivity contribution in [3.63, 3.8) is 0 Å². The van der Waals surface area contributed by atoms with E-state index in [1.165, 1.54) is 10.4 Å². The van der Waals surface area contributed by atoms with E-state index >= 15 is 0 Å². The third kappa shape index (κ3) is 4.71. The number of anilines is 2. The molecule has 1 aliphatic heterocycles. The van der Waals surface area contributed by atoms with E-state index in [0.717, 1.165) is 45.0 Å². The van der Waals surface area contributed by atoms with Gasteiger partial charge in [-0.1, -0.05) is 6.07 Å². The molecular formula is C22H28BrN5OS. The lowest BCUT2D eigenvalue weighted by molar-refractivity contribution is 0.103. The van der Waals surface area contributed by atoms with Crippen molar-refractivity contribution in [3.8, 4) is 0 Å². The molecular weight excluding hydrogens is 462 g/mol. The van der Waals surface area contributed by atoms with Crippen LogP contribution in [0, 0.1) is 6.92 Å². The van der Waals surface area contributed by atoms with E-state index in [9.17, 15) is 4.79 Å². The highest BCUT2D eigenvalue weighted by atomic mass is 79.9. The zero-order valence-corrected chi connectivity index (χ0v) is 19.2. The molecule has 3 aromatic rings. The second-order valence-electron chi connectivity index (χ2n) is 7.44. The minimum atomic E-state index is -0.215. The molecule has 160 valence electrons. The molecule has 0 aliphatic carbocycles. The first-order chi connectivity index (χ1) is 14.5. The number of aromatic nitrogens is 2. The van der Waals surface area contributed by atoms with Crippen LogP contribution in [-0.2, 0) is 6.54 Å². The molecule has 6 nitrogen and oxygen atoms in total. The van der Waals surface area contributed by atoms with Crippen molar-refractivity contribution in [2.24, 2.45) is 0 Å². The molecule has 8 heteroatoms. The van der Waals surface area contributed by atoms with Crippen LogP contribution in [0.25, 0.3) is 0 Å². The van der Waals surface area contributed by atoms with Gasteiger partial charge in [-0.05, 0) is 64.5 Å². The molecule has 0 atom stereocenters. The van der Waals surface area contributed by atoms with E-state index in [4.69, 9.17) is 5.73 Å². The lowest BCUT2D eigenvalue weighted by atomic mass is 10.1. The monoisotopic (exact) mass is 489 g/mol. The number of rotatable bonds is 5. The van der Waals surface area contributed by atoms with Crippen molar-refractivity contribution in [2.75, 3.05) is 36.8 Å². The zero-order chi connectivity index (χ0) is 21.1. The van der Waals surface area contributed by atoms with Crippen molar-refractivity contribution in [2.45, 2.75) is 19.9 Å². The summed E-state index contributed by atoms with van der Waals surface area (Å²) in [6.07, 6.45) is 2.64. The van der Waals surface area contributed by atoms with Gasteiger partial charge in [0.1, 0.15) is 17.3 Å². The fraction of sp³-hybridized carbons (Fsp3) is 0.318. The number of nitrogen functional groups attached to an aromatic ring is 1. The smallest absolute Gasteiger partial charge is 0.215 e. The van der Waals surface area contributed by atoms with Crippen molar-refractivity contribution in [1.29, 1.82) is 0 Å². The van der Waals surface area contributed by atoms with Crippen LogP contribution in [0.3, 0.4) is 0 Å². The fourth-order valence-electron chi connectivity index (χ4n) is 3.62. The summed E-state index contributed by atoms with van der Waals surface area (Å²) in [7, 11) is 0. The topological polar surface area (TPSA) is 75.3 Å². The van der Waals surface area contributed by atoms with E-state index in [0.29, 0.717) is 15.7 Å². The summed E-state index contributed by atoms with van der Waals surface area (Å²) in [6.45, 7) is 7.02. The highest BCUT2D eigenvalue weighted by Crippen LogP contribution is 2.22. The van der Waals surface area contributed by atoms with Gasteiger partial charge in [0.15, 0.2) is 0 Å². The van der Waals surface area contributed by atoms with Crippen LogP contribution < -0.4 is 10.6 Å². The van der Waals surface area contributed by atoms with Crippen molar-refractivity contribution in [1.82, 2.24) is 14.9 Å². The number of nitrogens with zero attached hydrogens (tertiary/aromatic N) is 4. The molecule has 0 amide bonds. The number of carbonyl (C=O) groups excluding carboxylic acids is 1. The van der Waals surface area contributed by atoms with E-state index in [1.807, 2.05) is 23.5 Å². The number of pyridine rings is 2. The molecule has 0 unspecified atom stereocenters. The van der Waals surface area contributed by atoms with E-state index < -0.39 is 0 Å². The molecule has 0 saturated carbocycles. The molecule has 4 rings (SSSR count). The Hall–Kier alpha value is -2.29. The number of carbonyl (C=O) groups is 1. The van der Waals surface area contributed by atoms with Crippen LogP contribution in [0.2, 0.25) is 0 Å². The molecule has 3 aromatic heterocycles. The van der Waals surface area contributed by atoms with Crippen LogP contribution >= 0.6 is 27.3 Å². The lowest BCUT2D eigenvalue weighted by Crippen LogP contribution is -2.31. The number of nitrogens with two attached hydrogens (primary N) is 1. The maximum absolute atomic E-state index is 13.0. The number of ketones is 1. The van der Waals surface area contributed by atoms with Gasteiger partial charge in [-0.2, -0.15) is 0 Å². The normalized spacial score (nSPS) is 15.2. The molecule has 0 bridgehead atoms. The number of aryl methyl sites for hydroxylation is 1. The SMILES string of the molecule is Cc1ccsc1CN1CCCN(c2cccc(C(=O)c3cc(Br)cnc3N)n2)CC1.[HH].[HH]. The standard InChI is InChI=1S/C22H24BrN5OS.2H2/c1-15-6-11-30-19(15)14-27-7-3-8-28(10-9-27)20-5-2-4-18(26-20)21(29)17-12-16(23)13-25-22(17)24;;/h2,4-6,11-13H,3,7-10,14H2,1H3,(H2,24,25);2*1H. The lowest BCUT2D eigenvalue weighted by Gasteiger charge is -2.23. The summed E-state index contributed by atoms with van der Waals surface area (Å²) in [4.78, 5) is 27.9. The first-order valence-electron chi connectivity index (χ1n) is 9.94. The van der Waals surface area contributed by atoms with E-state index in [1.54, 1.807) is 18.3 Å².